The van der Waals surface area contributed by atoms with Crippen molar-refractivity contribution in [2.24, 2.45) is 0 Å². The van der Waals surface area contributed by atoms with E-state index in [2.05, 4.69) is 10.6 Å². The Kier molecular flexibility index (Phi) is 4.30. The van der Waals surface area contributed by atoms with Gasteiger partial charge >= 0.3 is 6.03 Å². The van der Waals surface area contributed by atoms with Crippen molar-refractivity contribution in [1.29, 1.82) is 0 Å². The SMILES string of the molecule is Cc1cc(CNC(=O)Nc2ccccc2F)ccc1F. The molecule has 0 aliphatic carbocycles. The lowest BCUT2D eigenvalue weighted by Crippen LogP contribution is -2.28. The first kappa shape index (κ1) is 14.0. The van der Waals surface area contributed by atoms with E-state index in [9.17, 15) is 13.6 Å². The van der Waals surface area contributed by atoms with E-state index >= 15 is 0 Å². The van der Waals surface area contributed by atoms with Crippen molar-refractivity contribution in [2.75, 3.05) is 5.32 Å². The predicted octanol–water partition coefficient (Wildman–Crippen LogP) is 3.59. The first-order valence-corrected chi connectivity index (χ1v) is 6.10. The minimum Gasteiger partial charge on any atom is -0.334 e. The van der Waals surface area contributed by atoms with Crippen molar-refractivity contribution in [2.45, 2.75) is 13.5 Å². The molecule has 2 rings (SSSR count). The van der Waals surface area contributed by atoms with Crippen molar-refractivity contribution in [3.05, 3.63) is 65.2 Å². The quantitative estimate of drug-likeness (QED) is 0.883. The average Bonchev–Trinajstić information content (AvgIpc) is 2.43. The molecule has 3 nitrogen and oxygen atoms in total. The van der Waals surface area contributed by atoms with Gasteiger partial charge in [0.1, 0.15) is 11.6 Å². The highest BCUT2D eigenvalue weighted by Crippen LogP contribution is 2.12. The zero-order valence-corrected chi connectivity index (χ0v) is 10.9. The molecule has 5 heteroatoms. The Morgan fingerprint density at radius 2 is 1.85 bits per heavy atom. The highest BCUT2D eigenvalue weighted by Gasteiger charge is 2.06. The smallest absolute Gasteiger partial charge is 0.319 e. The number of para-hydroxylation sites is 1. The second-order valence-electron chi connectivity index (χ2n) is 4.37. The molecule has 0 saturated heterocycles. The summed E-state index contributed by atoms with van der Waals surface area (Å²) < 4.78 is 26.4. The summed E-state index contributed by atoms with van der Waals surface area (Å²) in [5.74, 6) is -0.787. The summed E-state index contributed by atoms with van der Waals surface area (Å²) in [5, 5.41) is 4.99. The fraction of sp³-hybridized carbons (Fsp3) is 0.133. The molecule has 0 aromatic heterocycles. The van der Waals surface area contributed by atoms with Gasteiger partial charge in [0.05, 0.1) is 5.69 Å². The van der Waals surface area contributed by atoms with Crippen LogP contribution in [0, 0.1) is 18.6 Å². The van der Waals surface area contributed by atoms with Gasteiger partial charge < -0.3 is 10.6 Å². The van der Waals surface area contributed by atoms with Crippen LogP contribution >= 0.6 is 0 Å². The number of carbonyl (C=O) groups excluding carboxylic acids is 1. The third-order valence-electron chi connectivity index (χ3n) is 2.80. The van der Waals surface area contributed by atoms with Gasteiger partial charge in [0.2, 0.25) is 0 Å². The van der Waals surface area contributed by atoms with E-state index in [-0.39, 0.29) is 18.0 Å². The van der Waals surface area contributed by atoms with Gasteiger partial charge in [-0.15, -0.1) is 0 Å². The maximum atomic E-state index is 13.3. The average molecular weight is 276 g/mol. The van der Waals surface area contributed by atoms with Crippen LogP contribution in [0.3, 0.4) is 0 Å². The van der Waals surface area contributed by atoms with Gasteiger partial charge in [-0.1, -0.05) is 24.3 Å². The van der Waals surface area contributed by atoms with Gasteiger partial charge in [0, 0.05) is 6.54 Å². The van der Waals surface area contributed by atoms with E-state index in [1.54, 1.807) is 31.2 Å². The van der Waals surface area contributed by atoms with Crippen LogP contribution in [-0.4, -0.2) is 6.03 Å². The molecular formula is C15H14F2N2O. The van der Waals surface area contributed by atoms with E-state index in [1.165, 1.54) is 18.2 Å². The molecule has 0 bridgehead atoms. The Labute approximate surface area is 115 Å². The summed E-state index contributed by atoms with van der Waals surface area (Å²) >= 11 is 0. The van der Waals surface area contributed by atoms with E-state index in [1.807, 2.05) is 0 Å². The first-order valence-electron chi connectivity index (χ1n) is 6.10. The normalized spacial score (nSPS) is 10.2. The summed E-state index contributed by atoms with van der Waals surface area (Å²) in [7, 11) is 0. The first-order chi connectivity index (χ1) is 9.56. The molecule has 2 N–H and O–H groups in total. The number of hydrogen-bond acceptors (Lipinski definition) is 1. The minimum atomic E-state index is -0.517. The monoisotopic (exact) mass is 276 g/mol. The lowest BCUT2D eigenvalue weighted by Gasteiger charge is -2.09. The summed E-state index contributed by atoms with van der Waals surface area (Å²) in [4.78, 5) is 11.6. The fourth-order valence-electron chi connectivity index (χ4n) is 1.73. The zero-order valence-electron chi connectivity index (χ0n) is 10.9. The highest BCUT2D eigenvalue weighted by atomic mass is 19.1. The van der Waals surface area contributed by atoms with Crippen LogP contribution in [0.5, 0.6) is 0 Å². The third kappa shape index (κ3) is 3.54. The Bertz CT molecular complexity index is 629. The van der Waals surface area contributed by atoms with Crippen LogP contribution in [0.2, 0.25) is 0 Å². The molecule has 0 aliphatic rings. The Balaban J connectivity index is 1.92. The molecule has 0 atom stereocenters. The maximum absolute atomic E-state index is 13.3. The second kappa shape index (κ2) is 6.14. The lowest BCUT2D eigenvalue weighted by atomic mass is 10.1. The molecule has 0 unspecified atom stereocenters. The number of rotatable bonds is 3. The summed E-state index contributed by atoms with van der Waals surface area (Å²) in [6.07, 6.45) is 0. The Morgan fingerprint density at radius 1 is 1.10 bits per heavy atom. The molecule has 2 aromatic rings. The molecular weight excluding hydrogens is 262 g/mol. The van der Waals surface area contributed by atoms with Crippen molar-refractivity contribution in [1.82, 2.24) is 5.32 Å². The second-order valence-corrected chi connectivity index (χ2v) is 4.37. The van der Waals surface area contributed by atoms with Crippen LogP contribution in [0.4, 0.5) is 19.3 Å². The predicted molar refractivity (Wildman–Crippen MR) is 73.4 cm³/mol. The van der Waals surface area contributed by atoms with Gasteiger partial charge in [0.25, 0.3) is 0 Å². The lowest BCUT2D eigenvalue weighted by molar-refractivity contribution is 0.251. The van der Waals surface area contributed by atoms with E-state index in [0.717, 1.165) is 5.56 Å². The Hall–Kier alpha value is -2.43. The molecule has 2 amide bonds. The van der Waals surface area contributed by atoms with Crippen molar-refractivity contribution >= 4 is 11.7 Å². The van der Waals surface area contributed by atoms with E-state index in [4.69, 9.17) is 0 Å². The standard InChI is InChI=1S/C15H14F2N2O/c1-10-8-11(6-7-12(10)16)9-18-15(20)19-14-5-3-2-4-13(14)17/h2-8H,9H2,1H3,(H2,18,19,20). The van der Waals surface area contributed by atoms with Crippen LogP contribution in [0.25, 0.3) is 0 Å². The van der Waals surface area contributed by atoms with Crippen molar-refractivity contribution in [3.8, 4) is 0 Å². The van der Waals surface area contributed by atoms with Crippen molar-refractivity contribution in [3.63, 3.8) is 0 Å². The number of carbonyl (C=O) groups is 1. The largest absolute Gasteiger partial charge is 0.334 e. The van der Waals surface area contributed by atoms with Gasteiger partial charge in [-0.25, -0.2) is 13.6 Å². The van der Waals surface area contributed by atoms with Gasteiger partial charge in [-0.2, -0.15) is 0 Å². The molecule has 0 spiro atoms. The molecule has 0 heterocycles. The van der Waals surface area contributed by atoms with Crippen molar-refractivity contribution < 1.29 is 13.6 Å². The van der Waals surface area contributed by atoms with Crippen LogP contribution in [0.15, 0.2) is 42.5 Å². The molecule has 0 fully saturated rings. The number of halogens is 2. The number of amides is 2. The van der Waals surface area contributed by atoms with Crippen LogP contribution in [-0.2, 0) is 6.54 Å². The maximum Gasteiger partial charge on any atom is 0.319 e. The molecule has 2 aromatic carbocycles. The Morgan fingerprint density at radius 3 is 2.55 bits per heavy atom. The minimum absolute atomic E-state index is 0.111. The van der Waals surface area contributed by atoms with Gasteiger partial charge in [-0.05, 0) is 36.2 Å². The number of benzene rings is 2. The number of nitrogens with one attached hydrogen (secondary N) is 2. The molecule has 0 radical (unpaired) electrons. The fourth-order valence-corrected chi connectivity index (χ4v) is 1.73. The van der Waals surface area contributed by atoms with Gasteiger partial charge in [0.15, 0.2) is 0 Å². The molecule has 0 aliphatic heterocycles. The summed E-state index contributed by atoms with van der Waals surface area (Å²) in [6.45, 7) is 1.89. The zero-order chi connectivity index (χ0) is 14.5. The molecule has 20 heavy (non-hydrogen) atoms. The van der Waals surface area contributed by atoms with Gasteiger partial charge in [-0.3, -0.25) is 0 Å². The number of anilines is 1. The molecule has 0 saturated carbocycles. The number of urea groups is 1. The van der Waals surface area contributed by atoms with Crippen LogP contribution in [0.1, 0.15) is 11.1 Å². The topological polar surface area (TPSA) is 41.1 Å². The highest BCUT2D eigenvalue weighted by molar-refractivity contribution is 5.89. The number of hydrogen-bond donors (Lipinski definition) is 2. The molecule has 104 valence electrons. The van der Waals surface area contributed by atoms with Crippen LogP contribution < -0.4 is 10.6 Å². The summed E-state index contributed by atoms with van der Waals surface area (Å²) in [6, 6.07) is 9.97. The summed E-state index contributed by atoms with van der Waals surface area (Å²) in [5.41, 5.74) is 1.40. The third-order valence-corrected chi connectivity index (χ3v) is 2.80. The number of aryl methyl sites for hydroxylation is 1. The van der Waals surface area contributed by atoms with E-state index in [0.29, 0.717) is 5.56 Å². The van der Waals surface area contributed by atoms with E-state index < -0.39 is 11.8 Å².